The summed E-state index contributed by atoms with van der Waals surface area (Å²) in [5.41, 5.74) is 6.86. The van der Waals surface area contributed by atoms with E-state index in [-0.39, 0.29) is 6.61 Å². The van der Waals surface area contributed by atoms with Crippen molar-refractivity contribution in [3.05, 3.63) is 24.3 Å². The summed E-state index contributed by atoms with van der Waals surface area (Å²) >= 11 is 0. The van der Waals surface area contributed by atoms with E-state index in [9.17, 15) is 4.79 Å². The molecule has 1 aromatic carbocycles. The molecule has 4 N–H and O–H groups in total. The van der Waals surface area contributed by atoms with Crippen molar-refractivity contribution in [1.29, 1.82) is 0 Å². The average Bonchev–Trinajstić information content (AvgIpc) is 2.45. The summed E-state index contributed by atoms with van der Waals surface area (Å²) < 4.78 is 5.16. The SMILES string of the molecule is N[C@H]1CC[C@H](CNc2cccc(OCC(=O)O)c2)CC1. The molecule has 0 aromatic heterocycles. The van der Waals surface area contributed by atoms with Crippen LogP contribution in [0.3, 0.4) is 0 Å². The van der Waals surface area contributed by atoms with Crippen LogP contribution in [0.25, 0.3) is 0 Å². The van der Waals surface area contributed by atoms with Crippen LogP contribution in [-0.4, -0.2) is 30.3 Å². The lowest BCUT2D eigenvalue weighted by molar-refractivity contribution is -0.139. The average molecular weight is 278 g/mol. The number of hydrogen-bond acceptors (Lipinski definition) is 4. The van der Waals surface area contributed by atoms with Crippen LogP contribution in [0, 0.1) is 5.92 Å². The molecule has 0 spiro atoms. The number of nitrogens with two attached hydrogens (primary N) is 1. The maximum absolute atomic E-state index is 10.5. The summed E-state index contributed by atoms with van der Waals surface area (Å²) in [6, 6.07) is 7.78. The maximum Gasteiger partial charge on any atom is 0.341 e. The Hall–Kier alpha value is -1.75. The quantitative estimate of drug-likeness (QED) is 0.742. The Morgan fingerprint density at radius 2 is 2.10 bits per heavy atom. The molecule has 1 saturated carbocycles. The summed E-state index contributed by atoms with van der Waals surface area (Å²) in [6.45, 7) is 0.610. The molecule has 5 nitrogen and oxygen atoms in total. The number of anilines is 1. The summed E-state index contributed by atoms with van der Waals surface area (Å²) in [7, 11) is 0. The maximum atomic E-state index is 10.5. The number of carbonyl (C=O) groups is 1. The van der Waals surface area contributed by atoms with E-state index in [4.69, 9.17) is 15.6 Å². The van der Waals surface area contributed by atoms with Crippen molar-refractivity contribution in [1.82, 2.24) is 0 Å². The molecule has 0 atom stereocenters. The van der Waals surface area contributed by atoms with Gasteiger partial charge >= 0.3 is 5.97 Å². The van der Waals surface area contributed by atoms with E-state index in [1.807, 2.05) is 18.2 Å². The van der Waals surface area contributed by atoms with Gasteiger partial charge in [0.2, 0.25) is 0 Å². The van der Waals surface area contributed by atoms with Gasteiger partial charge < -0.3 is 20.9 Å². The van der Waals surface area contributed by atoms with Gasteiger partial charge in [0.05, 0.1) is 0 Å². The van der Waals surface area contributed by atoms with Crippen LogP contribution in [0.5, 0.6) is 5.75 Å². The first kappa shape index (κ1) is 14.7. The molecule has 110 valence electrons. The minimum absolute atomic E-state index is 0.316. The van der Waals surface area contributed by atoms with Crippen LogP contribution in [0.1, 0.15) is 25.7 Å². The second-order valence-corrected chi connectivity index (χ2v) is 5.37. The van der Waals surface area contributed by atoms with Crippen molar-refractivity contribution in [2.24, 2.45) is 11.7 Å². The predicted molar refractivity (Wildman–Crippen MR) is 78.0 cm³/mol. The van der Waals surface area contributed by atoms with Gasteiger partial charge in [-0.15, -0.1) is 0 Å². The molecule has 1 aromatic rings. The van der Waals surface area contributed by atoms with Gasteiger partial charge in [-0.3, -0.25) is 0 Å². The standard InChI is InChI=1S/C15H22N2O3/c16-12-6-4-11(5-7-12)9-17-13-2-1-3-14(8-13)20-10-15(18)19/h1-3,8,11-12,17H,4-7,9-10,16H2,(H,18,19)/t11-,12-. The molecule has 2 rings (SSSR count). The van der Waals surface area contributed by atoms with Gasteiger partial charge in [0, 0.05) is 24.3 Å². The van der Waals surface area contributed by atoms with Crippen molar-refractivity contribution in [2.45, 2.75) is 31.7 Å². The zero-order chi connectivity index (χ0) is 14.4. The molecule has 0 heterocycles. The van der Waals surface area contributed by atoms with Gasteiger partial charge in [0.15, 0.2) is 6.61 Å². The summed E-state index contributed by atoms with van der Waals surface area (Å²) in [4.78, 5) is 10.5. The van der Waals surface area contributed by atoms with Crippen molar-refractivity contribution in [2.75, 3.05) is 18.5 Å². The lowest BCUT2D eigenvalue weighted by atomic mass is 9.86. The second-order valence-electron chi connectivity index (χ2n) is 5.37. The number of rotatable bonds is 6. The molecule has 0 unspecified atom stereocenters. The number of aliphatic carboxylic acids is 1. The number of benzene rings is 1. The third-order valence-electron chi connectivity index (χ3n) is 3.68. The van der Waals surface area contributed by atoms with Crippen LogP contribution < -0.4 is 15.8 Å². The van der Waals surface area contributed by atoms with E-state index >= 15 is 0 Å². The fourth-order valence-corrected chi connectivity index (χ4v) is 2.50. The van der Waals surface area contributed by atoms with Gasteiger partial charge in [-0.2, -0.15) is 0 Å². The zero-order valence-electron chi connectivity index (χ0n) is 11.5. The van der Waals surface area contributed by atoms with Crippen molar-refractivity contribution in [3.8, 4) is 5.75 Å². The Kier molecular flexibility index (Phi) is 5.24. The Bertz CT molecular complexity index is 442. The van der Waals surface area contributed by atoms with E-state index in [0.717, 1.165) is 25.1 Å². The molecule has 1 aliphatic carbocycles. The normalized spacial score (nSPS) is 22.2. The molecular formula is C15H22N2O3. The van der Waals surface area contributed by atoms with Crippen LogP contribution in [0.2, 0.25) is 0 Å². The number of ether oxygens (including phenoxy) is 1. The number of carboxylic acids is 1. The van der Waals surface area contributed by atoms with E-state index in [1.165, 1.54) is 12.8 Å². The highest BCUT2D eigenvalue weighted by Crippen LogP contribution is 2.24. The summed E-state index contributed by atoms with van der Waals surface area (Å²) in [6.07, 6.45) is 4.55. The lowest BCUT2D eigenvalue weighted by Gasteiger charge is -2.26. The van der Waals surface area contributed by atoms with Crippen LogP contribution in [0.4, 0.5) is 5.69 Å². The lowest BCUT2D eigenvalue weighted by Crippen LogP contribution is -2.29. The van der Waals surface area contributed by atoms with Crippen LogP contribution in [-0.2, 0) is 4.79 Å². The molecule has 1 fully saturated rings. The molecule has 20 heavy (non-hydrogen) atoms. The fourth-order valence-electron chi connectivity index (χ4n) is 2.50. The molecule has 0 bridgehead atoms. The van der Waals surface area contributed by atoms with E-state index in [2.05, 4.69) is 5.32 Å². The molecular weight excluding hydrogens is 256 g/mol. The third kappa shape index (κ3) is 4.74. The number of carboxylic acid groups (broad SMARTS) is 1. The van der Waals surface area contributed by atoms with Gasteiger partial charge in [-0.05, 0) is 43.7 Å². The van der Waals surface area contributed by atoms with Crippen LogP contribution in [0.15, 0.2) is 24.3 Å². The largest absolute Gasteiger partial charge is 0.482 e. The van der Waals surface area contributed by atoms with Crippen molar-refractivity contribution in [3.63, 3.8) is 0 Å². The minimum Gasteiger partial charge on any atom is -0.482 e. The number of nitrogens with one attached hydrogen (secondary N) is 1. The summed E-state index contributed by atoms with van der Waals surface area (Å²) in [5.74, 6) is 0.267. The zero-order valence-corrected chi connectivity index (χ0v) is 11.5. The highest BCUT2D eigenvalue weighted by molar-refractivity contribution is 5.68. The van der Waals surface area contributed by atoms with Crippen LogP contribution >= 0.6 is 0 Å². The number of hydrogen-bond donors (Lipinski definition) is 3. The third-order valence-corrected chi connectivity index (χ3v) is 3.68. The Morgan fingerprint density at radius 3 is 2.80 bits per heavy atom. The monoisotopic (exact) mass is 278 g/mol. The Balaban J connectivity index is 1.80. The van der Waals surface area contributed by atoms with Gasteiger partial charge in [0.1, 0.15) is 5.75 Å². The minimum atomic E-state index is -0.970. The molecule has 0 saturated heterocycles. The van der Waals surface area contributed by atoms with Gasteiger partial charge in [0.25, 0.3) is 0 Å². The molecule has 0 amide bonds. The van der Waals surface area contributed by atoms with E-state index < -0.39 is 5.97 Å². The first-order valence-corrected chi connectivity index (χ1v) is 7.07. The van der Waals surface area contributed by atoms with Gasteiger partial charge in [-0.25, -0.2) is 4.79 Å². The van der Waals surface area contributed by atoms with Crippen molar-refractivity contribution >= 4 is 11.7 Å². The molecule has 1 aliphatic rings. The molecule has 0 radical (unpaired) electrons. The highest BCUT2D eigenvalue weighted by atomic mass is 16.5. The first-order valence-electron chi connectivity index (χ1n) is 7.07. The van der Waals surface area contributed by atoms with E-state index in [1.54, 1.807) is 6.07 Å². The molecule has 0 aliphatic heterocycles. The van der Waals surface area contributed by atoms with E-state index in [0.29, 0.717) is 17.7 Å². The smallest absolute Gasteiger partial charge is 0.341 e. The van der Waals surface area contributed by atoms with Crippen molar-refractivity contribution < 1.29 is 14.6 Å². The Morgan fingerprint density at radius 1 is 1.35 bits per heavy atom. The fraction of sp³-hybridized carbons (Fsp3) is 0.533. The topological polar surface area (TPSA) is 84.6 Å². The second kappa shape index (κ2) is 7.14. The molecule has 5 heteroatoms. The van der Waals surface area contributed by atoms with Gasteiger partial charge in [-0.1, -0.05) is 6.07 Å². The summed E-state index contributed by atoms with van der Waals surface area (Å²) in [5, 5.41) is 12.0. The highest BCUT2D eigenvalue weighted by Gasteiger charge is 2.18. The predicted octanol–water partition coefficient (Wildman–Crippen LogP) is 2.08. The Labute approximate surface area is 119 Å². The first-order chi connectivity index (χ1) is 9.63.